The van der Waals surface area contributed by atoms with Crippen LogP contribution >= 0.6 is 23.2 Å². The van der Waals surface area contributed by atoms with Crippen molar-refractivity contribution in [2.24, 2.45) is 0 Å². The van der Waals surface area contributed by atoms with Gasteiger partial charge in [0.2, 0.25) is 0 Å². The summed E-state index contributed by atoms with van der Waals surface area (Å²) in [5.74, 6) is -0.566. The third kappa shape index (κ3) is 4.29. The number of nitriles is 1. The maximum atomic E-state index is 12.3. The minimum Gasteiger partial charge on any atom is -0.378 e. The van der Waals surface area contributed by atoms with Crippen LogP contribution in [-0.2, 0) is 4.79 Å². The number of para-hydroxylation sites is 1. The first-order valence-electron chi connectivity index (χ1n) is 7.07. The first kappa shape index (κ1) is 17.9. The molecule has 0 saturated carbocycles. The van der Waals surface area contributed by atoms with Gasteiger partial charge in [0.1, 0.15) is 11.6 Å². The number of anilines is 2. The molecule has 122 valence electrons. The highest BCUT2D eigenvalue weighted by Crippen LogP contribution is 2.30. The van der Waals surface area contributed by atoms with Crippen LogP contribution in [0, 0.1) is 11.3 Å². The molecule has 0 aromatic heterocycles. The molecule has 2 aromatic carbocycles. The molecule has 0 aliphatic carbocycles. The van der Waals surface area contributed by atoms with E-state index in [-0.39, 0.29) is 11.3 Å². The van der Waals surface area contributed by atoms with Crippen molar-refractivity contribution in [1.29, 1.82) is 5.26 Å². The van der Waals surface area contributed by atoms with Gasteiger partial charge in [-0.1, -0.05) is 41.4 Å². The second-order valence-electron chi connectivity index (χ2n) is 5.21. The molecule has 2 aromatic rings. The fourth-order valence-corrected chi connectivity index (χ4v) is 2.47. The van der Waals surface area contributed by atoms with E-state index in [1.54, 1.807) is 18.2 Å². The van der Waals surface area contributed by atoms with E-state index in [0.717, 1.165) is 11.3 Å². The summed E-state index contributed by atoms with van der Waals surface area (Å²) < 4.78 is 0. The second-order valence-corrected chi connectivity index (χ2v) is 6.02. The summed E-state index contributed by atoms with van der Waals surface area (Å²) in [7, 11) is 3.87. The van der Waals surface area contributed by atoms with Crippen molar-refractivity contribution in [1.82, 2.24) is 0 Å². The van der Waals surface area contributed by atoms with Gasteiger partial charge in [-0.3, -0.25) is 4.79 Å². The summed E-state index contributed by atoms with van der Waals surface area (Å²) in [5.41, 5.74) is 2.02. The smallest absolute Gasteiger partial charge is 0.266 e. The number of nitrogens with one attached hydrogen (secondary N) is 1. The number of nitrogens with zero attached hydrogens (tertiary/aromatic N) is 2. The molecular formula is C18H15Cl2N3O. The maximum Gasteiger partial charge on any atom is 0.266 e. The molecule has 0 atom stereocenters. The Kier molecular flexibility index (Phi) is 5.86. The van der Waals surface area contributed by atoms with Crippen molar-refractivity contribution in [2.45, 2.75) is 0 Å². The van der Waals surface area contributed by atoms with Gasteiger partial charge < -0.3 is 10.2 Å². The Balaban J connectivity index is 2.24. The average Bonchev–Trinajstić information content (AvgIpc) is 2.56. The predicted molar refractivity (Wildman–Crippen MR) is 99.5 cm³/mol. The fourth-order valence-electron chi connectivity index (χ4n) is 1.98. The maximum absolute atomic E-state index is 12.3. The van der Waals surface area contributed by atoms with E-state index in [1.165, 1.54) is 6.08 Å². The van der Waals surface area contributed by atoms with E-state index in [2.05, 4.69) is 5.32 Å². The van der Waals surface area contributed by atoms with Gasteiger partial charge in [0.05, 0.1) is 15.7 Å². The summed E-state index contributed by atoms with van der Waals surface area (Å²) in [4.78, 5) is 14.3. The SMILES string of the molecule is CN(C)c1ccc(/C=C(\C#N)C(=O)Nc2c(Cl)cccc2Cl)cc1. The molecule has 2 rings (SSSR count). The van der Waals surface area contributed by atoms with Gasteiger partial charge in [-0.15, -0.1) is 0 Å². The lowest BCUT2D eigenvalue weighted by Gasteiger charge is -2.12. The lowest BCUT2D eigenvalue weighted by molar-refractivity contribution is -0.112. The number of rotatable bonds is 4. The summed E-state index contributed by atoms with van der Waals surface area (Å²) in [6.07, 6.45) is 1.51. The Labute approximate surface area is 150 Å². The molecule has 0 unspecified atom stereocenters. The van der Waals surface area contributed by atoms with Gasteiger partial charge in [-0.05, 0) is 35.9 Å². The molecule has 0 radical (unpaired) electrons. The largest absolute Gasteiger partial charge is 0.378 e. The van der Waals surface area contributed by atoms with Crippen LogP contribution in [0.5, 0.6) is 0 Å². The third-order valence-electron chi connectivity index (χ3n) is 3.29. The van der Waals surface area contributed by atoms with Gasteiger partial charge in [0.15, 0.2) is 0 Å². The zero-order valence-corrected chi connectivity index (χ0v) is 14.7. The summed E-state index contributed by atoms with van der Waals surface area (Å²) in [6.45, 7) is 0. The van der Waals surface area contributed by atoms with E-state index in [0.29, 0.717) is 10.0 Å². The highest BCUT2D eigenvalue weighted by Gasteiger charge is 2.13. The number of hydrogen-bond acceptors (Lipinski definition) is 3. The van der Waals surface area contributed by atoms with E-state index in [9.17, 15) is 10.1 Å². The van der Waals surface area contributed by atoms with Crippen LogP contribution in [0.25, 0.3) is 6.08 Å². The molecular weight excluding hydrogens is 345 g/mol. The van der Waals surface area contributed by atoms with Gasteiger partial charge in [-0.2, -0.15) is 5.26 Å². The number of halogens is 2. The lowest BCUT2D eigenvalue weighted by atomic mass is 10.1. The number of carbonyl (C=O) groups is 1. The van der Waals surface area contributed by atoms with Gasteiger partial charge >= 0.3 is 0 Å². The van der Waals surface area contributed by atoms with Crippen molar-refractivity contribution in [3.05, 3.63) is 63.6 Å². The first-order chi connectivity index (χ1) is 11.4. The van der Waals surface area contributed by atoms with Crippen molar-refractivity contribution < 1.29 is 4.79 Å². The van der Waals surface area contributed by atoms with E-state index < -0.39 is 5.91 Å². The summed E-state index contributed by atoms with van der Waals surface area (Å²) in [5, 5.41) is 12.5. The summed E-state index contributed by atoms with van der Waals surface area (Å²) >= 11 is 12.0. The molecule has 0 aliphatic rings. The number of amides is 1. The summed E-state index contributed by atoms with van der Waals surface area (Å²) in [6, 6.07) is 14.3. The third-order valence-corrected chi connectivity index (χ3v) is 3.92. The van der Waals surface area contributed by atoms with Crippen LogP contribution in [-0.4, -0.2) is 20.0 Å². The fraction of sp³-hybridized carbons (Fsp3) is 0.111. The van der Waals surface area contributed by atoms with Crippen LogP contribution in [0.4, 0.5) is 11.4 Å². The highest BCUT2D eigenvalue weighted by molar-refractivity contribution is 6.40. The van der Waals surface area contributed by atoms with E-state index >= 15 is 0 Å². The van der Waals surface area contributed by atoms with Crippen LogP contribution in [0.3, 0.4) is 0 Å². The average molecular weight is 360 g/mol. The molecule has 4 nitrogen and oxygen atoms in total. The quantitative estimate of drug-likeness (QED) is 0.640. The molecule has 6 heteroatoms. The number of benzene rings is 2. The van der Waals surface area contributed by atoms with Crippen LogP contribution in [0.15, 0.2) is 48.0 Å². The van der Waals surface area contributed by atoms with E-state index in [1.807, 2.05) is 49.3 Å². The van der Waals surface area contributed by atoms with Crippen LogP contribution in [0.2, 0.25) is 10.0 Å². The molecule has 0 aliphatic heterocycles. The standard InChI is InChI=1S/C18H15Cl2N3O/c1-23(2)14-8-6-12(7-9-14)10-13(11-21)18(24)22-17-15(19)4-3-5-16(17)20/h3-10H,1-2H3,(H,22,24)/b13-10+. The molecule has 1 amide bonds. The molecule has 24 heavy (non-hydrogen) atoms. The minimum absolute atomic E-state index is 0.0383. The molecule has 0 spiro atoms. The van der Waals surface area contributed by atoms with E-state index in [4.69, 9.17) is 23.2 Å². The monoisotopic (exact) mass is 359 g/mol. The Hall–Kier alpha value is -2.48. The first-order valence-corrected chi connectivity index (χ1v) is 7.82. The topological polar surface area (TPSA) is 56.1 Å². The van der Waals surface area contributed by atoms with Crippen LogP contribution in [0.1, 0.15) is 5.56 Å². The molecule has 0 fully saturated rings. The Morgan fingerprint density at radius 3 is 2.21 bits per heavy atom. The molecule has 0 bridgehead atoms. The zero-order chi connectivity index (χ0) is 17.7. The zero-order valence-electron chi connectivity index (χ0n) is 13.2. The normalized spacial score (nSPS) is 10.9. The van der Waals surface area contributed by atoms with Crippen LogP contribution < -0.4 is 10.2 Å². The van der Waals surface area contributed by atoms with Crippen molar-refractivity contribution in [3.8, 4) is 6.07 Å². The highest BCUT2D eigenvalue weighted by atomic mass is 35.5. The molecule has 1 N–H and O–H groups in total. The second kappa shape index (κ2) is 7.87. The van der Waals surface area contributed by atoms with Crippen molar-refractivity contribution in [3.63, 3.8) is 0 Å². The van der Waals surface area contributed by atoms with Gasteiger partial charge in [0.25, 0.3) is 5.91 Å². The van der Waals surface area contributed by atoms with Crippen molar-refractivity contribution >= 4 is 46.6 Å². The predicted octanol–water partition coefficient (Wildman–Crippen LogP) is 4.61. The lowest BCUT2D eigenvalue weighted by Crippen LogP contribution is -2.14. The Morgan fingerprint density at radius 2 is 1.71 bits per heavy atom. The Morgan fingerprint density at radius 1 is 1.12 bits per heavy atom. The molecule has 0 heterocycles. The minimum atomic E-state index is -0.566. The number of hydrogen-bond donors (Lipinski definition) is 1. The Bertz CT molecular complexity index is 801. The number of carbonyl (C=O) groups excluding carboxylic acids is 1. The molecule has 0 saturated heterocycles. The van der Waals surface area contributed by atoms with Gasteiger partial charge in [0, 0.05) is 19.8 Å². The van der Waals surface area contributed by atoms with Gasteiger partial charge in [-0.25, -0.2) is 0 Å². The van der Waals surface area contributed by atoms with Crippen molar-refractivity contribution in [2.75, 3.05) is 24.3 Å².